The fraction of sp³-hybridized carbons (Fsp3) is 0.600. The molecule has 1 aliphatic heterocycles. The first kappa shape index (κ1) is 14.0. The van der Waals surface area contributed by atoms with Crippen LogP contribution in [0.15, 0.2) is 18.2 Å². The van der Waals surface area contributed by atoms with Crippen molar-refractivity contribution in [3.63, 3.8) is 0 Å². The number of rotatable bonds is 4. The molecular weight excluding hydrogens is 240 g/mol. The lowest BCUT2D eigenvalue weighted by molar-refractivity contribution is -0.0553. The van der Waals surface area contributed by atoms with Crippen LogP contribution in [0.3, 0.4) is 0 Å². The third-order valence-corrected chi connectivity index (χ3v) is 3.42. The second-order valence-corrected chi connectivity index (χ2v) is 5.59. The molecule has 19 heavy (non-hydrogen) atoms. The summed E-state index contributed by atoms with van der Waals surface area (Å²) in [5.41, 5.74) is 7.71. The summed E-state index contributed by atoms with van der Waals surface area (Å²) in [6.07, 6.45) is 1.98. The Kier molecular flexibility index (Phi) is 4.20. The number of ether oxygens (including phenoxy) is 2. The highest BCUT2D eigenvalue weighted by Crippen LogP contribution is 2.32. The van der Waals surface area contributed by atoms with Crippen LogP contribution in [0.2, 0.25) is 0 Å². The van der Waals surface area contributed by atoms with Crippen molar-refractivity contribution in [1.29, 1.82) is 0 Å². The molecule has 1 heterocycles. The summed E-state index contributed by atoms with van der Waals surface area (Å²) in [4.78, 5) is 0. The van der Waals surface area contributed by atoms with Crippen molar-refractivity contribution in [3.05, 3.63) is 18.2 Å². The highest BCUT2D eigenvalue weighted by atomic mass is 16.5. The van der Waals surface area contributed by atoms with E-state index in [-0.39, 0.29) is 5.60 Å². The number of benzene rings is 1. The van der Waals surface area contributed by atoms with E-state index in [4.69, 9.17) is 15.2 Å². The first-order valence-electron chi connectivity index (χ1n) is 6.93. The first-order valence-corrected chi connectivity index (χ1v) is 6.93. The number of hydrogen-bond acceptors (Lipinski definition) is 4. The van der Waals surface area contributed by atoms with E-state index in [0.29, 0.717) is 18.3 Å². The van der Waals surface area contributed by atoms with Crippen molar-refractivity contribution in [2.24, 2.45) is 0 Å². The number of hydrogen-bond donors (Lipinski definition) is 2. The van der Waals surface area contributed by atoms with Crippen LogP contribution in [-0.4, -0.2) is 24.9 Å². The van der Waals surface area contributed by atoms with E-state index in [1.165, 1.54) is 0 Å². The van der Waals surface area contributed by atoms with E-state index in [9.17, 15) is 0 Å². The van der Waals surface area contributed by atoms with E-state index < -0.39 is 0 Å². The van der Waals surface area contributed by atoms with Crippen molar-refractivity contribution in [2.75, 3.05) is 24.3 Å². The van der Waals surface area contributed by atoms with Crippen LogP contribution in [0.25, 0.3) is 0 Å². The number of nitrogens with two attached hydrogens (primary N) is 1. The number of nitrogen functional groups attached to an aromatic ring is 1. The molecule has 4 heteroatoms. The van der Waals surface area contributed by atoms with Gasteiger partial charge in [-0.2, -0.15) is 0 Å². The molecular formula is C15H24N2O2. The average molecular weight is 264 g/mol. The molecule has 1 aliphatic rings. The fourth-order valence-electron chi connectivity index (χ4n) is 2.53. The molecule has 2 rings (SSSR count). The third kappa shape index (κ3) is 3.53. The summed E-state index contributed by atoms with van der Waals surface area (Å²) in [5, 5.41) is 3.52. The maximum Gasteiger partial charge on any atom is 0.144 e. The maximum atomic E-state index is 6.14. The van der Waals surface area contributed by atoms with Gasteiger partial charge in [0.15, 0.2) is 0 Å². The lowest BCUT2D eigenvalue weighted by Crippen LogP contribution is -2.40. The molecule has 1 atom stereocenters. The minimum absolute atomic E-state index is 0.0673. The second kappa shape index (κ2) is 5.70. The minimum atomic E-state index is -0.0673. The van der Waals surface area contributed by atoms with Crippen LogP contribution < -0.4 is 15.8 Å². The topological polar surface area (TPSA) is 56.5 Å². The van der Waals surface area contributed by atoms with Crippen LogP contribution >= 0.6 is 0 Å². The molecule has 1 saturated heterocycles. The first-order chi connectivity index (χ1) is 9.02. The lowest BCUT2D eigenvalue weighted by atomic mass is 9.93. The molecule has 1 aromatic rings. The zero-order valence-electron chi connectivity index (χ0n) is 12.0. The van der Waals surface area contributed by atoms with Crippen molar-refractivity contribution < 1.29 is 9.47 Å². The SMILES string of the molecule is CCOc1cccc(NC2CCOC(C)(C)C2)c1N. The molecule has 1 unspecified atom stereocenters. The summed E-state index contributed by atoms with van der Waals surface area (Å²) in [7, 11) is 0. The highest BCUT2D eigenvalue weighted by Gasteiger charge is 2.29. The Balaban J connectivity index is 2.08. The van der Waals surface area contributed by atoms with Gasteiger partial charge in [0.2, 0.25) is 0 Å². The Morgan fingerprint density at radius 1 is 1.47 bits per heavy atom. The fourth-order valence-corrected chi connectivity index (χ4v) is 2.53. The monoisotopic (exact) mass is 264 g/mol. The van der Waals surface area contributed by atoms with E-state index in [1.807, 2.05) is 25.1 Å². The lowest BCUT2D eigenvalue weighted by Gasteiger charge is -2.36. The highest BCUT2D eigenvalue weighted by molar-refractivity contribution is 5.73. The Morgan fingerprint density at radius 3 is 2.95 bits per heavy atom. The molecule has 0 saturated carbocycles. The molecule has 4 nitrogen and oxygen atoms in total. The van der Waals surface area contributed by atoms with E-state index in [2.05, 4.69) is 19.2 Å². The Hall–Kier alpha value is -1.42. The van der Waals surface area contributed by atoms with E-state index >= 15 is 0 Å². The summed E-state index contributed by atoms with van der Waals surface area (Å²) in [6, 6.07) is 6.26. The zero-order valence-corrected chi connectivity index (χ0v) is 12.0. The van der Waals surface area contributed by atoms with Gasteiger partial charge in [-0.1, -0.05) is 6.07 Å². The van der Waals surface area contributed by atoms with Gasteiger partial charge in [0.25, 0.3) is 0 Å². The Labute approximate surface area is 115 Å². The number of nitrogens with one attached hydrogen (secondary N) is 1. The molecule has 0 bridgehead atoms. The molecule has 1 fully saturated rings. The Morgan fingerprint density at radius 2 is 2.26 bits per heavy atom. The normalized spacial score (nSPS) is 21.9. The summed E-state index contributed by atoms with van der Waals surface area (Å²) >= 11 is 0. The smallest absolute Gasteiger partial charge is 0.144 e. The summed E-state index contributed by atoms with van der Waals surface area (Å²) < 4.78 is 11.2. The van der Waals surface area contributed by atoms with Gasteiger partial charge in [-0.3, -0.25) is 0 Å². The van der Waals surface area contributed by atoms with Gasteiger partial charge in [-0.25, -0.2) is 0 Å². The van der Waals surface area contributed by atoms with Gasteiger partial charge >= 0.3 is 0 Å². The zero-order chi connectivity index (χ0) is 13.9. The molecule has 0 amide bonds. The third-order valence-electron chi connectivity index (χ3n) is 3.42. The molecule has 3 N–H and O–H groups in total. The molecule has 0 radical (unpaired) electrons. The van der Waals surface area contributed by atoms with E-state index in [0.717, 1.165) is 30.9 Å². The molecule has 0 spiro atoms. The van der Waals surface area contributed by atoms with Crippen LogP contribution in [0, 0.1) is 0 Å². The minimum Gasteiger partial charge on any atom is -0.492 e. The van der Waals surface area contributed by atoms with Crippen molar-refractivity contribution in [3.8, 4) is 5.75 Å². The van der Waals surface area contributed by atoms with Gasteiger partial charge in [-0.05, 0) is 45.7 Å². The van der Waals surface area contributed by atoms with Gasteiger partial charge in [-0.15, -0.1) is 0 Å². The van der Waals surface area contributed by atoms with E-state index in [1.54, 1.807) is 0 Å². The molecule has 106 valence electrons. The average Bonchev–Trinajstić information content (AvgIpc) is 2.33. The quantitative estimate of drug-likeness (QED) is 0.821. The van der Waals surface area contributed by atoms with Gasteiger partial charge in [0.05, 0.1) is 23.6 Å². The molecule has 0 aliphatic carbocycles. The predicted octanol–water partition coefficient (Wildman–Crippen LogP) is 3.04. The molecule has 0 aromatic heterocycles. The molecule has 1 aromatic carbocycles. The number of anilines is 2. The van der Waals surface area contributed by atoms with Gasteiger partial charge < -0.3 is 20.5 Å². The van der Waals surface area contributed by atoms with Gasteiger partial charge in [0.1, 0.15) is 5.75 Å². The summed E-state index contributed by atoms with van der Waals surface area (Å²) in [5.74, 6) is 0.749. The van der Waals surface area contributed by atoms with Crippen LogP contribution in [0.1, 0.15) is 33.6 Å². The summed E-state index contributed by atoms with van der Waals surface area (Å²) in [6.45, 7) is 7.62. The van der Waals surface area contributed by atoms with Gasteiger partial charge in [0, 0.05) is 12.6 Å². The second-order valence-electron chi connectivity index (χ2n) is 5.59. The predicted molar refractivity (Wildman–Crippen MR) is 78.7 cm³/mol. The number of para-hydroxylation sites is 1. The van der Waals surface area contributed by atoms with Crippen molar-refractivity contribution in [1.82, 2.24) is 0 Å². The van der Waals surface area contributed by atoms with Crippen molar-refractivity contribution >= 4 is 11.4 Å². The maximum absolute atomic E-state index is 6.14. The van der Waals surface area contributed by atoms with Crippen LogP contribution in [0.5, 0.6) is 5.75 Å². The van der Waals surface area contributed by atoms with Crippen molar-refractivity contribution in [2.45, 2.75) is 45.3 Å². The Bertz CT molecular complexity index is 432. The standard InChI is InChI=1S/C15H24N2O2/c1-4-18-13-7-5-6-12(14(13)16)17-11-8-9-19-15(2,3)10-11/h5-7,11,17H,4,8-10,16H2,1-3H3. The van der Waals surface area contributed by atoms with Crippen LogP contribution in [0.4, 0.5) is 11.4 Å². The largest absolute Gasteiger partial charge is 0.492 e. The van der Waals surface area contributed by atoms with Crippen LogP contribution in [-0.2, 0) is 4.74 Å².